The summed E-state index contributed by atoms with van der Waals surface area (Å²) in [6.45, 7) is 5.24. The molecule has 0 aromatic carbocycles. The predicted octanol–water partition coefficient (Wildman–Crippen LogP) is 5.48. The van der Waals surface area contributed by atoms with Gasteiger partial charge < -0.3 is 10.3 Å². The first-order chi connectivity index (χ1) is 18.4. The summed E-state index contributed by atoms with van der Waals surface area (Å²) < 4.78 is 0. The van der Waals surface area contributed by atoms with Gasteiger partial charge in [0.25, 0.3) is 0 Å². The van der Waals surface area contributed by atoms with E-state index >= 15 is 0 Å². The van der Waals surface area contributed by atoms with Crippen molar-refractivity contribution in [1.29, 1.82) is 0 Å². The number of fused-ring (bicyclic) bond motifs is 2. The number of hydrogen-bond donors (Lipinski definition) is 3. The molecule has 0 saturated carbocycles. The maximum Gasteiger partial charge on any atom is 0.226 e. The van der Waals surface area contributed by atoms with E-state index in [4.69, 9.17) is 4.98 Å². The number of carbonyl (C=O) groups excluding carboxylic acids is 2. The van der Waals surface area contributed by atoms with E-state index in [0.717, 1.165) is 27.0 Å². The van der Waals surface area contributed by atoms with Crippen LogP contribution in [0.1, 0.15) is 30.4 Å². The van der Waals surface area contributed by atoms with Crippen molar-refractivity contribution in [2.24, 2.45) is 5.92 Å². The molecule has 0 unspecified atom stereocenters. The molecule has 0 aliphatic heterocycles. The number of aromatic amines is 2. The van der Waals surface area contributed by atoms with Gasteiger partial charge in [-0.3, -0.25) is 19.7 Å². The van der Waals surface area contributed by atoms with Crippen LogP contribution in [0.4, 0.5) is 5.69 Å². The van der Waals surface area contributed by atoms with Gasteiger partial charge >= 0.3 is 0 Å². The second-order valence-electron chi connectivity index (χ2n) is 9.16. The monoisotopic (exact) mass is 522 g/mol. The number of rotatable bonds is 6. The first-order valence-corrected chi connectivity index (χ1v) is 12.8. The molecule has 0 aliphatic rings. The van der Waals surface area contributed by atoms with Crippen molar-refractivity contribution >= 4 is 50.9 Å². The van der Waals surface area contributed by atoms with E-state index in [2.05, 4.69) is 35.5 Å². The molecule has 0 fully saturated rings. The second-order valence-corrected chi connectivity index (χ2v) is 10.2. The van der Waals surface area contributed by atoms with Gasteiger partial charge in [0.1, 0.15) is 11.2 Å². The topological polar surface area (TPSA) is 142 Å². The lowest BCUT2D eigenvalue weighted by Crippen LogP contribution is -2.17. The summed E-state index contributed by atoms with van der Waals surface area (Å²) >= 11 is 1.43. The molecule has 0 radical (unpaired) electrons. The molecule has 6 aromatic heterocycles. The minimum Gasteiger partial charge on any atom is -0.324 e. The Labute approximate surface area is 220 Å². The Balaban J connectivity index is 1.40. The molecule has 3 N–H and O–H groups in total. The van der Waals surface area contributed by atoms with E-state index < -0.39 is 0 Å². The van der Waals surface area contributed by atoms with Crippen molar-refractivity contribution in [2.45, 2.75) is 20.8 Å². The molecule has 6 heterocycles. The van der Waals surface area contributed by atoms with Crippen molar-refractivity contribution in [3.63, 3.8) is 0 Å². The third kappa shape index (κ3) is 4.22. The number of carbonyl (C=O) groups is 2. The third-order valence-corrected chi connectivity index (χ3v) is 7.33. The number of ketones is 1. The molecule has 0 spiro atoms. The average Bonchev–Trinajstić information content (AvgIpc) is 3.66. The number of nitrogens with one attached hydrogen (secondary N) is 3. The van der Waals surface area contributed by atoms with Crippen LogP contribution < -0.4 is 5.32 Å². The van der Waals surface area contributed by atoms with Gasteiger partial charge in [-0.2, -0.15) is 5.10 Å². The van der Waals surface area contributed by atoms with Crippen molar-refractivity contribution < 1.29 is 9.59 Å². The maximum atomic E-state index is 12.1. The number of anilines is 1. The smallest absolute Gasteiger partial charge is 0.226 e. The molecule has 0 aliphatic carbocycles. The molecule has 1 amide bonds. The molecule has 6 rings (SSSR count). The van der Waals surface area contributed by atoms with Crippen LogP contribution >= 0.6 is 11.3 Å². The second kappa shape index (κ2) is 9.27. The molecule has 188 valence electrons. The number of nitrogens with zero attached hydrogens (tertiary/aromatic N) is 5. The molecule has 6 aromatic rings. The van der Waals surface area contributed by atoms with Gasteiger partial charge in [-0.25, -0.2) is 15.0 Å². The Morgan fingerprint density at radius 1 is 1.00 bits per heavy atom. The Bertz CT molecular complexity index is 1850. The fourth-order valence-corrected chi connectivity index (χ4v) is 5.02. The number of hydrogen-bond acceptors (Lipinski definition) is 8. The quantitative estimate of drug-likeness (QED) is 0.246. The van der Waals surface area contributed by atoms with Crippen LogP contribution in [0.2, 0.25) is 0 Å². The lowest BCUT2D eigenvalue weighted by Gasteiger charge is -2.09. The van der Waals surface area contributed by atoms with Gasteiger partial charge in [0, 0.05) is 46.1 Å². The number of aromatic nitrogens is 7. The Kier molecular flexibility index (Phi) is 5.76. The van der Waals surface area contributed by atoms with Crippen molar-refractivity contribution in [3.8, 4) is 33.1 Å². The molecule has 0 atom stereocenters. The summed E-state index contributed by atoms with van der Waals surface area (Å²) in [5.41, 5.74) is 5.65. The van der Waals surface area contributed by atoms with E-state index in [-0.39, 0.29) is 17.6 Å². The number of pyridine rings is 3. The summed E-state index contributed by atoms with van der Waals surface area (Å²) in [5.74, 6) is 0.362. The molecule has 11 heteroatoms. The van der Waals surface area contributed by atoms with Gasteiger partial charge in [0.15, 0.2) is 22.9 Å². The summed E-state index contributed by atoms with van der Waals surface area (Å²) in [6, 6.07) is 9.48. The minimum atomic E-state index is -0.139. The first-order valence-electron chi connectivity index (χ1n) is 11.9. The summed E-state index contributed by atoms with van der Waals surface area (Å²) in [6.07, 6.45) is 6.79. The van der Waals surface area contributed by atoms with Crippen LogP contribution in [0.5, 0.6) is 0 Å². The van der Waals surface area contributed by atoms with E-state index in [9.17, 15) is 9.59 Å². The van der Waals surface area contributed by atoms with Gasteiger partial charge in [0.2, 0.25) is 5.91 Å². The summed E-state index contributed by atoms with van der Waals surface area (Å²) in [5, 5.41) is 11.1. The molecular weight excluding hydrogens is 500 g/mol. The van der Waals surface area contributed by atoms with Crippen LogP contribution in [0.25, 0.3) is 55.3 Å². The van der Waals surface area contributed by atoms with Gasteiger partial charge in [-0.15, -0.1) is 11.3 Å². The molecule has 0 saturated heterocycles. The fourth-order valence-electron chi connectivity index (χ4n) is 4.09. The lowest BCUT2D eigenvalue weighted by atomic mass is 10.1. The molecule has 10 nitrogen and oxygen atoms in total. The number of Topliss-reactive ketones (excluding diaryl/α,β-unsaturated/α-hetero) is 1. The van der Waals surface area contributed by atoms with Crippen LogP contribution in [-0.2, 0) is 4.79 Å². The SMILES string of the molecule is CC(=O)c1ccc(-c2ccnc3[nH]c(-c4n[nH]c5ncc(-c6cncc(NC(=O)C(C)C)c6)cc45)nc23)s1. The molecule has 38 heavy (non-hydrogen) atoms. The highest BCUT2D eigenvalue weighted by molar-refractivity contribution is 7.17. The summed E-state index contributed by atoms with van der Waals surface area (Å²) in [4.78, 5) is 47.0. The van der Waals surface area contributed by atoms with Crippen molar-refractivity contribution in [1.82, 2.24) is 35.1 Å². The normalized spacial score (nSPS) is 11.5. The Morgan fingerprint density at radius 3 is 2.63 bits per heavy atom. The highest BCUT2D eigenvalue weighted by atomic mass is 32.1. The average molecular weight is 523 g/mol. The van der Waals surface area contributed by atoms with Gasteiger partial charge in [-0.1, -0.05) is 13.8 Å². The fraction of sp³-hybridized carbons (Fsp3) is 0.148. The van der Waals surface area contributed by atoms with Crippen LogP contribution in [0, 0.1) is 5.92 Å². The van der Waals surface area contributed by atoms with Crippen molar-refractivity contribution in [2.75, 3.05) is 5.32 Å². The number of amides is 1. The Morgan fingerprint density at radius 2 is 1.84 bits per heavy atom. The zero-order valence-electron chi connectivity index (χ0n) is 20.7. The lowest BCUT2D eigenvalue weighted by molar-refractivity contribution is -0.118. The van der Waals surface area contributed by atoms with E-state index in [1.807, 2.05) is 44.2 Å². The van der Waals surface area contributed by atoms with Crippen LogP contribution in [0.15, 0.2) is 55.1 Å². The first kappa shape index (κ1) is 23.6. The van der Waals surface area contributed by atoms with Crippen LogP contribution in [0.3, 0.4) is 0 Å². The summed E-state index contributed by atoms with van der Waals surface area (Å²) in [7, 11) is 0. The number of thiophene rings is 1. The number of imidazole rings is 1. The van der Waals surface area contributed by atoms with E-state index in [1.54, 1.807) is 31.7 Å². The maximum absolute atomic E-state index is 12.1. The minimum absolute atomic E-state index is 0.0311. The third-order valence-electron chi connectivity index (χ3n) is 6.11. The zero-order valence-corrected chi connectivity index (χ0v) is 21.6. The highest BCUT2D eigenvalue weighted by Crippen LogP contribution is 2.35. The largest absolute Gasteiger partial charge is 0.324 e. The van der Waals surface area contributed by atoms with Crippen molar-refractivity contribution in [3.05, 3.63) is 60.0 Å². The number of H-pyrrole nitrogens is 2. The Hall–Kier alpha value is -4.77. The van der Waals surface area contributed by atoms with Gasteiger partial charge in [0.05, 0.1) is 22.1 Å². The molecular formula is C27H22N8O2S. The van der Waals surface area contributed by atoms with Crippen LogP contribution in [-0.4, -0.2) is 46.8 Å². The zero-order chi connectivity index (χ0) is 26.4. The van der Waals surface area contributed by atoms with E-state index in [1.165, 1.54) is 11.3 Å². The highest BCUT2D eigenvalue weighted by Gasteiger charge is 2.18. The molecule has 0 bridgehead atoms. The standard InChI is InChI=1S/C27H22N8O2S/c1-13(2)27(37)31-17-8-15(10-28-12-17)16-9-19-23(34-35-24(19)30-11-16)26-32-22-18(6-7-29-25(22)33-26)21-5-4-20(38-21)14(3)36/h4-13H,1-3H3,(H,31,37)(H,29,32,33)(H,30,34,35). The predicted molar refractivity (Wildman–Crippen MR) is 147 cm³/mol. The van der Waals surface area contributed by atoms with Gasteiger partial charge in [-0.05, 0) is 37.3 Å². The van der Waals surface area contributed by atoms with E-state index in [0.29, 0.717) is 38.9 Å².